The van der Waals surface area contributed by atoms with E-state index in [2.05, 4.69) is 24.3 Å². The number of fused-ring (bicyclic) bond motifs is 4. The van der Waals surface area contributed by atoms with Gasteiger partial charge < -0.3 is 5.11 Å². The monoisotopic (exact) mass is 363 g/mol. The van der Waals surface area contributed by atoms with Gasteiger partial charge in [-0.05, 0) is 52.7 Å². The van der Waals surface area contributed by atoms with Gasteiger partial charge in [-0.3, -0.25) is 0 Å². The molecule has 0 aliphatic rings. The minimum absolute atomic E-state index is 0.268. The van der Waals surface area contributed by atoms with Gasteiger partial charge in [0.25, 0.3) is 0 Å². The number of benzene rings is 4. The highest BCUT2D eigenvalue weighted by molar-refractivity contribution is 6.05. The number of aromatic hydroxyl groups is 1. The zero-order valence-corrected chi connectivity index (χ0v) is 15.5. The van der Waals surface area contributed by atoms with E-state index in [1.807, 2.05) is 67.6 Å². The first-order valence-electron chi connectivity index (χ1n) is 9.35. The minimum atomic E-state index is 0.268. The standard InChI is InChI=1S/C26H18O2/c1-17(16-23-21-9-5-3-6-18(21)10-13-24(23)27)25-15-12-22-20-8-4-2-7-19(20)11-14-26(22)28-25/h2-16H,1H3/p+1. The van der Waals surface area contributed by atoms with Crippen LogP contribution in [0, 0.1) is 0 Å². The Morgan fingerprint density at radius 3 is 2.21 bits per heavy atom. The number of hydrogen-bond donors (Lipinski definition) is 1. The topological polar surface area (TPSA) is 31.5 Å². The first-order chi connectivity index (χ1) is 13.7. The van der Waals surface area contributed by atoms with Crippen LogP contribution >= 0.6 is 0 Å². The molecule has 0 fully saturated rings. The van der Waals surface area contributed by atoms with Gasteiger partial charge >= 0.3 is 11.3 Å². The molecule has 2 heteroatoms. The molecule has 0 aliphatic heterocycles. The minimum Gasteiger partial charge on any atom is -0.507 e. The van der Waals surface area contributed by atoms with Crippen molar-refractivity contribution in [3.05, 3.63) is 96.3 Å². The van der Waals surface area contributed by atoms with Crippen molar-refractivity contribution in [2.45, 2.75) is 6.92 Å². The first-order valence-corrected chi connectivity index (χ1v) is 9.35. The van der Waals surface area contributed by atoms with Gasteiger partial charge in [0.1, 0.15) is 5.75 Å². The Morgan fingerprint density at radius 1 is 0.714 bits per heavy atom. The molecule has 0 saturated heterocycles. The molecular weight excluding hydrogens is 344 g/mol. The average Bonchev–Trinajstić information content (AvgIpc) is 2.75. The zero-order chi connectivity index (χ0) is 19.1. The highest BCUT2D eigenvalue weighted by Gasteiger charge is 2.16. The van der Waals surface area contributed by atoms with Crippen molar-refractivity contribution >= 4 is 44.2 Å². The van der Waals surface area contributed by atoms with Crippen LogP contribution in [-0.4, -0.2) is 5.11 Å². The second-order valence-corrected chi connectivity index (χ2v) is 7.05. The van der Waals surface area contributed by atoms with Crippen LogP contribution in [0.25, 0.3) is 44.2 Å². The van der Waals surface area contributed by atoms with Crippen LogP contribution in [0.5, 0.6) is 5.75 Å². The van der Waals surface area contributed by atoms with E-state index in [-0.39, 0.29) is 5.75 Å². The molecule has 134 valence electrons. The summed E-state index contributed by atoms with van der Waals surface area (Å²) in [5, 5.41) is 16.0. The van der Waals surface area contributed by atoms with E-state index in [4.69, 9.17) is 4.42 Å². The largest absolute Gasteiger partial charge is 0.507 e. The number of allylic oxidation sites excluding steroid dienone is 1. The Kier molecular flexibility index (Phi) is 3.84. The molecule has 1 heterocycles. The van der Waals surface area contributed by atoms with E-state index in [9.17, 15) is 5.11 Å². The van der Waals surface area contributed by atoms with Crippen LogP contribution in [0.2, 0.25) is 0 Å². The SMILES string of the molecule is CC(=Cc1c(O)ccc2ccccc12)c1ccc2c(ccc3ccccc32)[o+]1. The van der Waals surface area contributed by atoms with Crippen molar-refractivity contribution in [3.63, 3.8) is 0 Å². The highest BCUT2D eigenvalue weighted by atomic mass is 16.3. The van der Waals surface area contributed by atoms with Gasteiger partial charge in [-0.15, -0.1) is 0 Å². The lowest BCUT2D eigenvalue weighted by Gasteiger charge is -2.05. The smallest absolute Gasteiger partial charge is 0.361 e. The molecular formula is C26H19O2+. The van der Waals surface area contributed by atoms with Crippen LogP contribution < -0.4 is 0 Å². The molecule has 5 rings (SSSR count). The second-order valence-electron chi connectivity index (χ2n) is 7.05. The third-order valence-corrected chi connectivity index (χ3v) is 5.25. The third kappa shape index (κ3) is 2.71. The van der Waals surface area contributed by atoms with Crippen molar-refractivity contribution in [2.24, 2.45) is 0 Å². The van der Waals surface area contributed by atoms with Crippen LogP contribution in [0.3, 0.4) is 0 Å². The van der Waals surface area contributed by atoms with Crippen molar-refractivity contribution in [1.29, 1.82) is 0 Å². The molecule has 0 radical (unpaired) electrons. The molecule has 28 heavy (non-hydrogen) atoms. The summed E-state index contributed by atoms with van der Waals surface area (Å²) in [6.07, 6.45) is 1.99. The highest BCUT2D eigenvalue weighted by Crippen LogP contribution is 2.32. The fraction of sp³-hybridized carbons (Fsp3) is 0.0385. The molecule has 2 nitrogen and oxygen atoms in total. The Balaban J connectivity index is 1.66. The Morgan fingerprint density at radius 2 is 1.39 bits per heavy atom. The predicted molar refractivity (Wildman–Crippen MR) is 117 cm³/mol. The quantitative estimate of drug-likeness (QED) is 0.264. The average molecular weight is 363 g/mol. The molecule has 0 saturated carbocycles. The van der Waals surface area contributed by atoms with Crippen LogP contribution in [0.1, 0.15) is 18.2 Å². The lowest BCUT2D eigenvalue weighted by atomic mass is 10.0. The summed E-state index contributed by atoms with van der Waals surface area (Å²) in [4.78, 5) is 0. The van der Waals surface area contributed by atoms with Gasteiger partial charge in [-0.2, -0.15) is 0 Å². The summed E-state index contributed by atoms with van der Waals surface area (Å²) < 4.78 is 6.21. The first kappa shape index (κ1) is 16.5. The molecule has 0 unspecified atom stereocenters. The van der Waals surface area contributed by atoms with E-state index in [1.54, 1.807) is 6.07 Å². The van der Waals surface area contributed by atoms with Crippen molar-refractivity contribution < 1.29 is 9.52 Å². The second kappa shape index (κ2) is 6.50. The molecule has 0 bridgehead atoms. The summed E-state index contributed by atoms with van der Waals surface area (Å²) >= 11 is 0. The maximum atomic E-state index is 10.4. The summed E-state index contributed by atoms with van der Waals surface area (Å²) in [7, 11) is 0. The molecule has 0 aliphatic carbocycles. The number of hydrogen-bond acceptors (Lipinski definition) is 1. The van der Waals surface area contributed by atoms with Crippen LogP contribution in [0.15, 0.2) is 89.3 Å². The Labute approximate surface area is 163 Å². The van der Waals surface area contributed by atoms with Gasteiger partial charge in [-0.1, -0.05) is 54.6 Å². The third-order valence-electron chi connectivity index (χ3n) is 5.25. The molecule has 1 N–H and O–H groups in total. The molecule has 0 spiro atoms. The van der Waals surface area contributed by atoms with Gasteiger partial charge in [0.2, 0.25) is 0 Å². The van der Waals surface area contributed by atoms with Gasteiger partial charge in [0, 0.05) is 17.7 Å². The predicted octanol–water partition coefficient (Wildman–Crippen LogP) is 7.29. The molecule has 1 aromatic heterocycles. The van der Waals surface area contributed by atoms with Gasteiger partial charge in [0.05, 0.1) is 11.0 Å². The van der Waals surface area contributed by atoms with E-state index < -0.39 is 0 Å². The van der Waals surface area contributed by atoms with Crippen LogP contribution in [0.4, 0.5) is 0 Å². The van der Waals surface area contributed by atoms with E-state index in [1.165, 1.54) is 10.8 Å². The van der Waals surface area contributed by atoms with Crippen molar-refractivity contribution in [3.8, 4) is 5.75 Å². The van der Waals surface area contributed by atoms with Gasteiger partial charge in [-0.25, -0.2) is 4.42 Å². The Hall–Kier alpha value is -3.65. The molecule has 0 amide bonds. The lowest BCUT2D eigenvalue weighted by Crippen LogP contribution is -1.85. The summed E-state index contributed by atoms with van der Waals surface area (Å²) in [5.74, 6) is 1.06. The summed E-state index contributed by atoms with van der Waals surface area (Å²) in [5.41, 5.74) is 2.62. The van der Waals surface area contributed by atoms with Crippen LogP contribution in [-0.2, 0) is 0 Å². The maximum Gasteiger partial charge on any atom is 0.361 e. The fourth-order valence-electron chi connectivity index (χ4n) is 3.78. The fourth-order valence-corrected chi connectivity index (χ4v) is 3.78. The summed E-state index contributed by atoms with van der Waals surface area (Å²) in [6.45, 7) is 2.01. The van der Waals surface area contributed by atoms with E-state index in [0.717, 1.165) is 38.6 Å². The normalized spacial score (nSPS) is 12.1. The Bertz CT molecular complexity index is 1380. The summed E-state index contributed by atoms with van der Waals surface area (Å²) in [6, 6.07) is 28.3. The van der Waals surface area contributed by atoms with Gasteiger partial charge in [0.15, 0.2) is 0 Å². The number of rotatable bonds is 2. The molecule has 5 aromatic rings. The lowest BCUT2D eigenvalue weighted by molar-refractivity contribution is 0.475. The van der Waals surface area contributed by atoms with E-state index >= 15 is 0 Å². The van der Waals surface area contributed by atoms with Crippen molar-refractivity contribution in [2.75, 3.05) is 0 Å². The molecule has 4 aromatic carbocycles. The number of phenolic OH excluding ortho intramolecular Hbond substituents is 1. The van der Waals surface area contributed by atoms with Crippen molar-refractivity contribution in [1.82, 2.24) is 0 Å². The van der Waals surface area contributed by atoms with E-state index in [0.29, 0.717) is 0 Å². The molecule has 0 atom stereocenters. The maximum absolute atomic E-state index is 10.4. The zero-order valence-electron chi connectivity index (χ0n) is 15.5. The number of phenols is 1.